The lowest BCUT2D eigenvalue weighted by molar-refractivity contribution is -0.148. The van der Waals surface area contributed by atoms with E-state index in [1.165, 1.54) is 25.0 Å². The molecule has 3 fully saturated rings. The number of nitrogens with one attached hydrogen (secondary N) is 1. The van der Waals surface area contributed by atoms with E-state index in [0.29, 0.717) is 47.6 Å². The van der Waals surface area contributed by atoms with Crippen LogP contribution in [0, 0.1) is 28.6 Å². The zero-order valence-electron chi connectivity index (χ0n) is 29.5. The zero-order valence-corrected chi connectivity index (χ0v) is 30.3. The van der Waals surface area contributed by atoms with Crippen LogP contribution in [0.3, 0.4) is 0 Å². The van der Waals surface area contributed by atoms with Gasteiger partial charge >= 0.3 is 18.1 Å². The molecule has 2 aromatic carbocycles. The first-order chi connectivity index (χ1) is 23.2. The van der Waals surface area contributed by atoms with Gasteiger partial charge in [-0.3, -0.25) is 9.59 Å². The number of rotatable bonds is 8. The lowest BCUT2D eigenvalue weighted by Crippen LogP contribution is -2.50. The molecule has 2 aromatic rings. The molecular formula is C40H51ClF3NO5. The van der Waals surface area contributed by atoms with Gasteiger partial charge in [0.05, 0.1) is 11.1 Å². The number of halogens is 4. The van der Waals surface area contributed by atoms with Gasteiger partial charge in [-0.05, 0) is 98.8 Å². The van der Waals surface area contributed by atoms with E-state index in [-0.39, 0.29) is 48.0 Å². The summed E-state index contributed by atoms with van der Waals surface area (Å²) in [5.74, 6) is 1.94. The normalized spacial score (nSPS) is 29.0. The van der Waals surface area contributed by atoms with Crippen molar-refractivity contribution in [2.24, 2.45) is 28.6 Å². The van der Waals surface area contributed by atoms with Crippen molar-refractivity contribution in [3.8, 4) is 0 Å². The summed E-state index contributed by atoms with van der Waals surface area (Å²) in [7, 11) is 0. The predicted molar refractivity (Wildman–Crippen MR) is 189 cm³/mol. The number of benzene rings is 2. The number of esters is 2. The molecule has 0 bridgehead atoms. The second kappa shape index (κ2) is 16.4. The Balaban J connectivity index is 0.000000220. The molecule has 7 atom stereocenters. The monoisotopic (exact) mass is 717 g/mol. The molecule has 0 aliphatic heterocycles. The molecular weight excluding hydrogens is 667 g/mol. The first-order valence-electron chi connectivity index (χ1n) is 17.7. The van der Waals surface area contributed by atoms with Crippen LogP contribution < -0.4 is 5.32 Å². The number of hydrogen-bond donors (Lipinski definition) is 1. The van der Waals surface area contributed by atoms with Gasteiger partial charge in [0.25, 0.3) is 0 Å². The van der Waals surface area contributed by atoms with Gasteiger partial charge in [-0.25, -0.2) is 4.79 Å². The summed E-state index contributed by atoms with van der Waals surface area (Å²) < 4.78 is 48.8. The Kier molecular flexibility index (Phi) is 13.0. The van der Waals surface area contributed by atoms with Crippen molar-refractivity contribution in [1.82, 2.24) is 5.32 Å². The van der Waals surface area contributed by atoms with E-state index in [1.807, 2.05) is 13.0 Å². The number of carbonyl (C=O) groups excluding carboxylic acids is 3. The summed E-state index contributed by atoms with van der Waals surface area (Å²) >= 11 is 0. The number of allylic oxidation sites excluding steroid dienone is 1. The van der Waals surface area contributed by atoms with Crippen molar-refractivity contribution in [2.75, 3.05) is 13.2 Å². The average molecular weight is 718 g/mol. The molecule has 0 heterocycles. The number of hydrogen-bond acceptors (Lipinski definition) is 6. The first kappa shape index (κ1) is 39.6. The van der Waals surface area contributed by atoms with Gasteiger partial charge in [0, 0.05) is 37.8 Å². The SMILES string of the molecule is CC(=O)OC1CCC2(C)C(=CCC3C4CCC(=O)C4(C)CCC32)C1.CC(Cc1cccc(C(F)(F)F)c1)NCCOC(=O)c1ccccc1.Cl. The Morgan fingerprint density at radius 2 is 1.68 bits per heavy atom. The van der Waals surface area contributed by atoms with Crippen LogP contribution in [0.4, 0.5) is 13.2 Å². The molecule has 7 unspecified atom stereocenters. The largest absolute Gasteiger partial charge is 0.462 e. The minimum absolute atomic E-state index is 0. The lowest BCUT2D eigenvalue weighted by atomic mass is 9.48. The number of ether oxygens (including phenoxy) is 2. The summed E-state index contributed by atoms with van der Waals surface area (Å²) in [6, 6.07) is 13.9. The fourth-order valence-electron chi connectivity index (χ4n) is 9.14. The maximum atomic E-state index is 12.7. The lowest BCUT2D eigenvalue weighted by Gasteiger charge is -2.56. The second-order valence-electron chi connectivity index (χ2n) is 14.9. The Morgan fingerprint density at radius 3 is 2.38 bits per heavy atom. The standard InChI is InChI=1S/C21H30O3.C19H20F3NO2.ClH/c1-13(22)24-15-8-10-20(2)14(12-15)4-5-16-17-6-7-19(23)21(17,3)11-9-18(16)20;1-14(12-15-6-5-9-17(13-15)19(20,21)22)23-10-11-25-18(24)16-7-3-2-4-8-16;/h4,15-18H,5-12H2,1-3H3;2-9,13-14,23H,10-12H2,1H3;1H. The summed E-state index contributed by atoms with van der Waals surface area (Å²) in [6.45, 7) is 8.69. The third-order valence-corrected chi connectivity index (χ3v) is 11.7. The molecule has 0 amide bonds. The Labute approximate surface area is 300 Å². The maximum absolute atomic E-state index is 12.7. The van der Waals surface area contributed by atoms with E-state index < -0.39 is 17.7 Å². The topological polar surface area (TPSA) is 81.7 Å². The highest BCUT2D eigenvalue weighted by atomic mass is 35.5. The van der Waals surface area contributed by atoms with Crippen molar-refractivity contribution in [3.63, 3.8) is 0 Å². The minimum atomic E-state index is -4.34. The van der Waals surface area contributed by atoms with E-state index in [4.69, 9.17) is 9.47 Å². The average Bonchev–Trinajstić information content (AvgIpc) is 3.37. The van der Waals surface area contributed by atoms with Crippen LogP contribution in [0.1, 0.15) is 101 Å². The van der Waals surface area contributed by atoms with Gasteiger partial charge in [0.15, 0.2) is 0 Å². The zero-order chi connectivity index (χ0) is 35.4. The molecule has 6 rings (SSSR count). The molecule has 1 N–H and O–H groups in total. The van der Waals surface area contributed by atoms with E-state index >= 15 is 0 Å². The predicted octanol–water partition coefficient (Wildman–Crippen LogP) is 8.95. The number of fused-ring (bicyclic) bond motifs is 5. The minimum Gasteiger partial charge on any atom is -0.462 e. The Morgan fingerprint density at radius 1 is 0.980 bits per heavy atom. The van der Waals surface area contributed by atoms with Crippen LogP contribution in [0.5, 0.6) is 0 Å². The molecule has 0 spiro atoms. The van der Waals surface area contributed by atoms with Gasteiger partial charge in [0.1, 0.15) is 18.5 Å². The molecule has 0 aromatic heterocycles. The molecule has 6 nitrogen and oxygen atoms in total. The van der Waals surface area contributed by atoms with Crippen molar-refractivity contribution in [1.29, 1.82) is 0 Å². The van der Waals surface area contributed by atoms with Crippen LogP contribution >= 0.6 is 12.4 Å². The van der Waals surface area contributed by atoms with Gasteiger partial charge in [-0.15, -0.1) is 12.4 Å². The fourth-order valence-corrected chi connectivity index (χ4v) is 9.14. The smallest absolute Gasteiger partial charge is 0.416 e. The van der Waals surface area contributed by atoms with Crippen molar-refractivity contribution < 1.29 is 37.0 Å². The van der Waals surface area contributed by atoms with Gasteiger partial charge in [-0.1, -0.05) is 61.9 Å². The Hall–Kier alpha value is -3.17. The maximum Gasteiger partial charge on any atom is 0.416 e. The van der Waals surface area contributed by atoms with Crippen LogP contribution in [0.2, 0.25) is 0 Å². The van der Waals surface area contributed by atoms with Crippen molar-refractivity contribution >= 4 is 30.1 Å². The number of alkyl halides is 3. The molecule has 4 aliphatic carbocycles. The van der Waals surface area contributed by atoms with E-state index in [9.17, 15) is 27.6 Å². The van der Waals surface area contributed by atoms with Gasteiger partial charge in [0.2, 0.25) is 0 Å². The van der Waals surface area contributed by atoms with Crippen molar-refractivity contribution in [2.45, 2.75) is 104 Å². The molecule has 4 aliphatic rings. The third kappa shape index (κ3) is 9.00. The highest BCUT2D eigenvalue weighted by Gasteiger charge is 2.58. The third-order valence-electron chi connectivity index (χ3n) is 11.7. The number of ketones is 1. The van der Waals surface area contributed by atoms with E-state index in [2.05, 4.69) is 25.2 Å². The number of Topliss-reactive ketones (excluding diaryl/α,β-unsaturated/α-hetero) is 1. The van der Waals surface area contributed by atoms with Crippen LogP contribution in [0.25, 0.3) is 0 Å². The highest BCUT2D eigenvalue weighted by Crippen LogP contribution is 2.64. The molecule has 3 saturated carbocycles. The van der Waals surface area contributed by atoms with Crippen LogP contribution in [-0.2, 0) is 31.7 Å². The number of carbonyl (C=O) groups is 3. The summed E-state index contributed by atoms with van der Waals surface area (Å²) in [4.78, 5) is 35.5. The quantitative estimate of drug-likeness (QED) is 0.167. The molecule has 0 radical (unpaired) electrons. The highest BCUT2D eigenvalue weighted by molar-refractivity contribution is 5.89. The summed E-state index contributed by atoms with van der Waals surface area (Å²) in [6.07, 6.45) is 6.95. The van der Waals surface area contributed by atoms with Crippen LogP contribution in [-0.4, -0.2) is 43.0 Å². The van der Waals surface area contributed by atoms with Gasteiger partial charge in [-0.2, -0.15) is 13.2 Å². The summed E-state index contributed by atoms with van der Waals surface area (Å²) in [5.41, 5.74) is 2.18. The second-order valence-corrected chi connectivity index (χ2v) is 14.9. The van der Waals surface area contributed by atoms with E-state index in [0.717, 1.165) is 57.1 Å². The Bertz CT molecular complexity index is 1530. The molecule has 274 valence electrons. The first-order valence-corrected chi connectivity index (χ1v) is 17.7. The van der Waals surface area contributed by atoms with Crippen molar-refractivity contribution in [3.05, 3.63) is 82.9 Å². The molecule has 10 heteroatoms. The fraction of sp³-hybridized carbons (Fsp3) is 0.575. The molecule has 0 saturated heterocycles. The van der Waals surface area contributed by atoms with Crippen LogP contribution in [0.15, 0.2) is 66.2 Å². The van der Waals surface area contributed by atoms with E-state index in [1.54, 1.807) is 30.3 Å². The van der Waals surface area contributed by atoms with Gasteiger partial charge < -0.3 is 14.8 Å². The molecule has 50 heavy (non-hydrogen) atoms. The summed E-state index contributed by atoms with van der Waals surface area (Å²) in [5, 5.41) is 3.14.